The van der Waals surface area contributed by atoms with Crippen molar-refractivity contribution in [2.24, 2.45) is 0 Å². The summed E-state index contributed by atoms with van der Waals surface area (Å²) < 4.78 is 5.62. The summed E-state index contributed by atoms with van der Waals surface area (Å²) in [6.07, 6.45) is 3.99. The third-order valence-corrected chi connectivity index (χ3v) is 3.86. The summed E-state index contributed by atoms with van der Waals surface area (Å²) in [5.41, 5.74) is 0.133. The van der Waals surface area contributed by atoms with E-state index in [4.69, 9.17) is 4.74 Å². The molecule has 2 nitrogen and oxygen atoms in total. The molecule has 0 spiro atoms. The predicted molar refractivity (Wildman–Crippen MR) is 57.5 cm³/mol. The summed E-state index contributed by atoms with van der Waals surface area (Å²) in [7, 11) is 0. The van der Waals surface area contributed by atoms with Crippen LogP contribution < -0.4 is 0 Å². The van der Waals surface area contributed by atoms with Gasteiger partial charge in [-0.25, -0.2) is 0 Å². The van der Waals surface area contributed by atoms with Crippen LogP contribution in [-0.4, -0.2) is 17.3 Å². The third-order valence-electron chi connectivity index (χ3n) is 3.86. The fraction of sp³-hybridized carbons (Fsp3) is 0.538. The molecule has 2 fully saturated rings. The molecule has 2 heteroatoms. The number of epoxide rings is 1. The Balaban J connectivity index is 1.97. The van der Waals surface area contributed by atoms with Gasteiger partial charge in [0, 0.05) is 0 Å². The Kier molecular flexibility index (Phi) is 1.91. The monoisotopic (exact) mass is 204 g/mol. The number of hydrogen-bond donors (Lipinski definition) is 1. The summed E-state index contributed by atoms with van der Waals surface area (Å²) in [4.78, 5) is 0. The van der Waals surface area contributed by atoms with Crippen LogP contribution in [0.25, 0.3) is 0 Å². The van der Waals surface area contributed by atoms with Crippen molar-refractivity contribution < 1.29 is 9.84 Å². The van der Waals surface area contributed by atoms with Crippen LogP contribution in [0, 0.1) is 0 Å². The topological polar surface area (TPSA) is 32.8 Å². The lowest BCUT2D eigenvalue weighted by Crippen LogP contribution is -2.40. The molecule has 0 bridgehead atoms. The maximum atomic E-state index is 10.6. The van der Waals surface area contributed by atoms with Crippen LogP contribution in [-0.2, 0) is 10.3 Å². The second kappa shape index (κ2) is 3.06. The molecule has 3 rings (SSSR count). The molecule has 1 saturated heterocycles. The second-order valence-corrected chi connectivity index (χ2v) is 4.72. The third kappa shape index (κ3) is 1.25. The summed E-state index contributed by atoms with van der Waals surface area (Å²) in [6, 6.07) is 10.1. The van der Waals surface area contributed by atoms with Crippen molar-refractivity contribution in [2.45, 2.75) is 36.9 Å². The molecule has 1 aliphatic carbocycles. The molecule has 1 aromatic carbocycles. The molecule has 80 valence electrons. The van der Waals surface area contributed by atoms with Gasteiger partial charge in [-0.1, -0.05) is 43.2 Å². The van der Waals surface area contributed by atoms with E-state index in [-0.39, 0.29) is 5.60 Å². The van der Waals surface area contributed by atoms with Crippen molar-refractivity contribution in [3.05, 3.63) is 35.9 Å². The zero-order valence-corrected chi connectivity index (χ0v) is 8.78. The van der Waals surface area contributed by atoms with Crippen molar-refractivity contribution in [1.82, 2.24) is 0 Å². The van der Waals surface area contributed by atoms with E-state index in [0.717, 1.165) is 31.2 Å². The van der Waals surface area contributed by atoms with E-state index in [1.54, 1.807) is 0 Å². The van der Waals surface area contributed by atoms with Crippen molar-refractivity contribution in [2.75, 3.05) is 6.61 Å². The zero-order chi connectivity index (χ0) is 10.4. The number of ether oxygens (including phenoxy) is 1. The largest absolute Gasteiger partial charge is 0.386 e. The molecule has 1 atom stereocenters. The predicted octanol–water partition coefficient (Wildman–Crippen LogP) is 2.22. The van der Waals surface area contributed by atoms with E-state index >= 15 is 0 Å². The van der Waals surface area contributed by atoms with Gasteiger partial charge in [0.2, 0.25) is 0 Å². The Morgan fingerprint density at radius 1 is 1.07 bits per heavy atom. The van der Waals surface area contributed by atoms with Crippen molar-refractivity contribution in [3.8, 4) is 0 Å². The smallest absolute Gasteiger partial charge is 0.145 e. The molecule has 0 unspecified atom stereocenters. The molecule has 0 radical (unpaired) electrons. The quantitative estimate of drug-likeness (QED) is 0.749. The van der Waals surface area contributed by atoms with Gasteiger partial charge >= 0.3 is 0 Å². The second-order valence-electron chi connectivity index (χ2n) is 4.72. The molecule has 1 N–H and O–H groups in total. The Labute approximate surface area is 89.9 Å². The molecule has 2 aliphatic rings. The van der Waals surface area contributed by atoms with E-state index in [9.17, 15) is 5.11 Å². The summed E-state index contributed by atoms with van der Waals surface area (Å²) >= 11 is 0. The molecule has 1 heterocycles. The minimum absolute atomic E-state index is 0.384. The Bertz CT molecular complexity index is 348. The van der Waals surface area contributed by atoms with Gasteiger partial charge in [-0.05, 0) is 18.4 Å². The van der Waals surface area contributed by atoms with Crippen LogP contribution in [0.3, 0.4) is 0 Å². The highest BCUT2D eigenvalue weighted by atomic mass is 16.6. The Morgan fingerprint density at radius 2 is 1.67 bits per heavy atom. The van der Waals surface area contributed by atoms with E-state index in [0.29, 0.717) is 6.61 Å². The number of benzene rings is 1. The first kappa shape index (κ1) is 9.37. The van der Waals surface area contributed by atoms with Gasteiger partial charge in [-0.2, -0.15) is 0 Å². The van der Waals surface area contributed by atoms with Crippen LogP contribution >= 0.6 is 0 Å². The van der Waals surface area contributed by atoms with Gasteiger partial charge in [0.15, 0.2) is 0 Å². The van der Waals surface area contributed by atoms with E-state index in [2.05, 4.69) is 12.1 Å². The molecule has 1 aliphatic heterocycles. The van der Waals surface area contributed by atoms with Gasteiger partial charge in [-0.3, -0.25) is 0 Å². The van der Waals surface area contributed by atoms with Crippen molar-refractivity contribution in [1.29, 1.82) is 0 Å². The SMILES string of the molecule is OC1([C@@]2(c3ccccc3)CO2)CCCC1. The van der Waals surface area contributed by atoms with Crippen LogP contribution in [0.15, 0.2) is 30.3 Å². The van der Waals surface area contributed by atoms with Gasteiger partial charge in [-0.15, -0.1) is 0 Å². The van der Waals surface area contributed by atoms with Crippen LogP contribution in [0.1, 0.15) is 31.2 Å². The lowest BCUT2D eigenvalue weighted by molar-refractivity contribution is -0.0350. The minimum Gasteiger partial charge on any atom is -0.386 e. The van der Waals surface area contributed by atoms with Crippen LogP contribution in [0.5, 0.6) is 0 Å². The molecule has 1 aromatic rings. The van der Waals surface area contributed by atoms with Crippen LogP contribution in [0.4, 0.5) is 0 Å². The maximum Gasteiger partial charge on any atom is 0.145 e. The molecule has 0 amide bonds. The summed E-state index contributed by atoms with van der Waals surface area (Å²) in [5, 5.41) is 10.6. The van der Waals surface area contributed by atoms with Crippen molar-refractivity contribution in [3.63, 3.8) is 0 Å². The first-order valence-electron chi connectivity index (χ1n) is 5.69. The summed E-state index contributed by atoms with van der Waals surface area (Å²) in [5.74, 6) is 0. The molecule has 1 saturated carbocycles. The summed E-state index contributed by atoms with van der Waals surface area (Å²) in [6.45, 7) is 0.674. The molecule has 15 heavy (non-hydrogen) atoms. The molecular weight excluding hydrogens is 188 g/mol. The fourth-order valence-electron chi connectivity index (χ4n) is 2.85. The zero-order valence-electron chi connectivity index (χ0n) is 8.78. The van der Waals surface area contributed by atoms with Gasteiger partial charge in [0.1, 0.15) is 11.2 Å². The van der Waals surface area contributed by atoms with E-state index in [1.165, 1.54) is 0 Å². The maximum absolute atomic E-state index is 10.6. The molecule has 0 aromatic heterocycles. The normalized spacial score (nSPS) is 32.9. The standard InChI is InChI=1S/C13H16O2/c14-12(8-4-5-9-12)13(10-15-13)11-6-2-1-3-7-11/h1-3,6-7,14H,4-5,8-10H2/t13-/m0/s1. The van der Waals surface area contributed by atoms with E-state index in [1.807, 2.05) is 18.2 Å². The average Bonchev–Trinajstić information content (AvgIpc) is 2.99. The first-order valence-corrected chi connectivity index (χ1v) is 5.69. The number of hydrogen-bond acceptors (Lipinski definition) is 2. The molecular formula is C13H16O2. The average molecular weight is 204 g/mol. The van der Waals surface area contributed by atoms with E-state index < -0.39 is 5.60 Å². The van der Waals surface area contributed by atoms with Gasteiger partial charge < -0.3 is 9.84 Å². The van der Waals surface area contributed by atoms with Gasteiger partial charge in [0.05, 0.1) is 6.61 Å². The number of aliphatic hydroxyl groups is 1. The highest BCUT2D eigenvalue weighted by Gasteiger charge is 2.62. The first-order chi connectivity index (χ1) is 7.27. The highest BCUT2D eigenvalue weighted by molar-refractivity contribution is 5.31. The number of rotatable bonds is 2. The van der Waals surface area contributed by atoms with Crippen LogP contribution in [0.2, 0.25) is 0 Å². The minimum atomic E-state index is -0.617. The Hall–Kier alpha value is -0.860. The van der Waals surface area contributed by atoms with Gasteiger partial charge in [0.25, 0.3) is 0 Å². The Morgan fingerprint density at radius 3 is 2.20 bits per heavy atom. The highest BCUT2D eigenvalue weighted by Crippen LogP contribution is 2.54. The lowest BCUT2D eigenvalue weighted by Gasteiger charge is -2.30. The van der Waals surface area contributed by atoms with Crippen molar-refractivity contribution >= 4 is 0 Å². The lowest BCUT2D eigenvalue weighted by atomic mass is 9.81. The fourth-order valence-corrected chi connectivity index (χ4v) is 2.85.